The zero-order chi connectivity index (χ0) is 52.9. The maximum Gasteiger partial charge on any atom is 0.305 e. The van der Waals surface area contributed by atoms with Crippen LogP contribution < -0.4 is 5.32 Å². The van der Waals surface area contributed by atoms with Crippen molar-refractivity contribution in [2.24, 2.45) is 0 Å². The molecule has 0 aromatic rings. The summed E-state index contributed by atoms with van der Waals surface area (Å²) in [6, 6.07) is -0.535. The normalized spacial score (nSPS) is 12.4. The van der Waals surface area contributed by atoms with E-state index in [4.69, 9.17) is 4.74 Å². The minimum Gasteiger partial charge on any atom is -0.466 e. The molecule has 2 unspecified atom stereocenters. The Morgan fingerprint density at radius 2 is 0.562 bits per heavy atom. The van der Waals surface area contributed by atoms with Crippen LogP contribution in [0.5, 0.6) is 0 Å². The third-order valence-corrected chi connectivity index (χ3v) is 16.2. The van der Waals surface area contributed by atoms with E-state index in [2.05, 4.69) is 19.2 Å². The van der Waals surface area contributed by atoms with Crippen LogP contribution in [0.4, 0.5) is 0 Å². The van der Waals surface area contributed by atoms with Crippen LogP contribution in [0.3, 0.4) is 0 Å². The van der Waals surface area contributed by atoms with Crippen molar-refractivity contribution in [2.75, 3.05) is 13.2 Å². The molecule has 0 saturated carbocycles. The van der Waals surface area contributed by atoms with Gasteiger partial charge >= 0.3 is 5.97 Å². The van der Waals surface area contributed by atoms with Crippen LogP contribution in [-0.4, -0.2) is 47.4 Å². The number of aliphatic hydroxyl groups is 2. The highest BCUT2D eigenvalue weighted by Crippen LogP contribution is 2.19. The Morgan fingerprint density at radius 1 is 0.329 bits per heavy atom. The first-order valence-electron chi connectivity index (χ1n) is 33.8. The van der Waals surface area contributed by atoms with Crippen LogP contribution in [0, 0.1) is 0 Å². The fourth-order valence-corrected chi connectivity index (χ4v) is 11.0. The van der Waals surface area contributed by atoms with Crippen LogP contribution in [-0.2, 0) is 14.3 Å². The molecule has 0 aromatic carbocycles. The number of ether oxygens (including phenoxy) is 1. The van der Waals surface area contributed by atoms with Gasteiger partial charge in [0.05, 0.1) is 25.4 Å². The lowest BCUT2D eigenvalue weighted by atomic mass is 10.0. The zero-order valence-corrected chi connectivity index (χ0v) is 49.9. The molecule has 3 N–H and O–H groups in total. The molecule has 0 saturated heterocycles. The number of carbonyl (C=O) groups is 2. The monoisotopic (exact) mass is 1030 g/mol. The lowest BCUT2D eigenvalue weighted by Crippen LogP contribution is -2.45. The summed E-state index contributed by atoms with van der Waals surface area (Å²) < 4.78 is 5.51. The molecular formula is C67H133NO5. The SMILES string of the molecule is CCCCCCCCCCCCCCCCCCCCCC(=O)OCCCCCCCCCCCCCCCCCCCCCCCCCCCCCCC(=O)NC(CO)C(O)CCCCCCCCCCC. The highest BCUT2D eigenvalue weighted by atomic mass is 16.5. The molecular weight excluding hydrogens is 899 g/mol. The number of nitrogens with one attached hydrogen (secondary N) is 1. The van der Waals surface area contributed by atoms with Crippen molar-refractivity contribution in [1.29, 1.82) is 0 Å². The van der Waals surface area contributed by atoms with E-state index in [-0.39, 0.29) is 18.5 Å². The number of carbonyl (C=O) groups excluding carboxylic acids is 2. The molecule has 6 heteroatoms. The van der Waals surface area contributed by atoms with Crippen molar-refractivity contribution in [2.45, 2.75) is 405 Å². The number of hydrogen-bond acceptors (Lipinski definition) is 5. The van der Waals surface area contributed by atoms with E-state index in [1.54, 1.807) is 0 Å². The molecule has 0 spiro atoms. The predicted octanol–water partition coefficient (Wildman–Crippen LogP) is 21.4. The number of aliphatic hydroxyl groups excluding tert-OH is 2. The van der Waals surface area contributed by atoms with Gasteiger partial charge in [0.1, 0.15) is 0 Å². The Labute approximate surface area is 457 Å². The summed E-state index contributed by atoms with van der Waals surface area (Å²) in [6.07, 6.45) is 75.9. The molecule has 0 bridgehead atoms. The Hall–Kier alpha value is -1.14. The number of unbranched alkanes of at least 4 members (excludes halogenated alkanes) is 53. The zero-order valence-electron chi connectivity index (χ0n) is 49.9. The molecule has 6 nitrogen and oxygen atoms in total. The van der Waals surface area contributed by atoms with Gasteiger partial charge in [-0.2, -0.15) is 0 Å². The fourth-order valence-electron chi connectivity index (χ4n) is 11.0. The third kappa shape index (κ3) is 60.0. The number of rotatable bonds is 64. The molecule has 0 radical (unpaired) electrons. The van der Waals surface area contributed by atoms with Gasteiger partial charge in [-0.1, -0.05) is 354 Å². The van der Waals surface area contributed by atoms with Gasteiger partial charge in [-0.05, 0) is 25.7 Å². The fraction of sp³-hybridized carbons (Fsp3) is 0.970. The molecule has 0 aliphatic rings. The topological polar surface area (TPSA) is 95.9 Å². The molecule has 0 aromatic heterocycles. The van der Waals surface area contributed by atoms with Gasteiger partial charge in [0.25, 0.3) is 0 Å². The van der Waals surface area contributed by atoms with E-state index in [1.165, 1.54) is 321 Å². The molecule has 0 aliphatic carbocycles. The smallest absolute Gasteiger partial charge is 0.305 e. The van der Waals surface area contributed by atoms with E-state index < -0.39 is 12.1 Å². The summed E-state index contributed by atoms with van der Waals surface area (Å²) in [5.41, 5.74) is 0. The second-order valence-corrected chi connectivity index (χ2v) is 23.5. The predicted molar refractivity (Wildman–Crippen MR) is 320 cm³/mol. The Kier molecular flexibility index (Phi) is 62.4. The highest BCUT2D eigenvalue weighted by Gasteiger charge is 2.20. The summed E-state index contributed by atoms with van der Waals surface area (Å²) >= 11 is 0. The molecule has 0 heterocycles. The standard InChI is InChI=1S/C67H133NO5/c1-3-5-7-9-11-13-14-15-16-17-28-32-35-38-41-45-49-53-57-61-67(72)73-62-58-54-50-46-42-39-36-33-30-27-25-23-21-19-18-20-22-24-26-29-31-34-37-40-44-48-52-56-60-66(71)68-64(63-69)65(70)59-55-51-47-43-12-10-8-6-4-2/h64-65,69-70H,3-63H2,1-2H3,(H,68,71). The number of esters is 1. The molecule has 2 atom stereocenters. The van der Waals surface area contributed by atoms with Crippen LogP contribution >= 0.6 is 0 Å². The summed E-state index contributed by atoms with van der Waals surface area (Å²) in [6.45, 7) is 4.97. The first-order valence-corrected chi connectivity index (χ1v) is 33.8. The van der Waals surface area contributed by atoms with Gasteiger partial charge in [0.2, 0.25) is 5.91 Å². The van der Waals surface area contributed by atoms with Crippen molar-refractivity contribution in [3.05, 3.63) is 0 Å². The second kappa shape index (κ2) is 63.4. The Morgan fingerprint density at radius 3 is 0.836 bits per heavy atom. The van der Waals surface area contributed by atoms with Gasteiger partial charge in [0.15, 0.2) is 0 Å². The molecule has 436 valence electrons. The van der Waals surface area contributed by atoms with Crippen molar-refractivity contribution in [1.82, 2.24) is 5.32 Å². The van der Waals surface area contributed by atoms with Crippen LogP contribution in [0.1, 0.15) is 393 Å². The minimum absolute atomic E-state index is 0.0246. The molecule has 73 heavy (non-hydrogen) atoms. The van der Waals surface area contributed by atoms with Gasteiger partial charge < -0.3 is 20.3 Å². The first kappa shape index (κ1) is 71.9. The average molecular weight is 1030 g/mol. The summed E-state index contributed by atoms with van der Waals surface area (Å²) in [4.78, 5) is 24.5. The van der Waals surface area contributed by atoms with Gasteiger partial charge in [0, 0.05) is 12.8 Å². The van der Waals surface area contributed by atoms with Crippen LogP contribution in [0.25, 0.3) is 0 Å². The van der Waals surface area contributed by atoms with E-state index in [1.807, 2.05) is 0 Å². The van der Waals surface area contributed by atoms with Crippen LogP contribution in [0.2, 0.25) is 0 Å². The first-order chi connectivity index (χ1) is 36.0. The average Bonchev–Trinajstić information content (AvgIpc) is 3.39. The Bertz CT molecular complexity index is 1050. The van der Waals surface area contributed by atoms with Crippen molar-refractivity contribution in [3.63, 3.8) is 0 Å². The third-order valence-electron chi connectivity index (χ3n) is 16.2. The van der Waals surface area contributed by atoms with Crippen molar-refractivity contribution < 1.29 is 24.5 Å². The quantitative estimate of drug-likeness (QED) is 0.0417. The maximum absolute atomic E-state index is 12.4. The van der Waals surface area contributed by atoms with E-state index in [9.17, 15) is 19.8 Å². The summed E-state index contributed by atoms with van der Waals surface area (Å²) in [5, 5.41) is 23.1. The largest absolute Gasteiger partial charge is 0.466 e. The van der Waals surface area contributed by atoms with E-state index in [0.717, 1.165) is 38.5 Å². The molecule has 0 rings (SSSR count). The van der Waals surface area contributed by atoms with Gasteiger partial charge in [-0.15, -0.1) is 0 Å². The van der Waals surface area contributed by atoms with E-state index >= 15 is 0 Å². The number of amides is 1. The summed E-state index contributed by atoms with van der Waals surface area (Å²) in [5.74, 6) is -0.00736. The molecule has 1 amide bonds. The van der Waals surface area contributed by atoms with Gasteiger partial charge in [-0.25, -0.2) is 0 Å². The lowest BCUT2D eigenvalue weighted by Gasteiger charge is -2.22. The molecule has 0 fully saturated rings. The number of hydrogen-bond donors (Lipinski definition) is 3. The van der Waals surface area contributed by atoms with Gasteiger partial charge in [-0.3, -0.25) is 9.59 Å². The van der Waals surface area contributed by atoms with Crippen molar-refractivity contribution in [3.8, 4) is 0 Å². The lowest BCUT2D eigenvalue weighted by molar-refractivity contribution is -0.143. The second-order valence-electron chi connectivity index (χ2n) is 23.5. The van der Waals surface area contributed by atoms with Crippen molar-refractivity contribution >= 4 is 11.9 Å². The van der Waals surface area contributed by atoms with E-state index in [0.29, 0.717) is 25.9 Å². The minimum atomic E-state index is -0.658. The highest BCUT2D eigenvalue weighted by molar-refractivity contribution is 5.76. The maximum atomic E-state index is 12.4. The Balaban J connectivity index is 3.28. The summed E-state index contributed by atoms with van der Waals surface area (Å²) in [7, 11) is 0. The molecule has 0 aliphatic heterocycles. The van der Waals surface area contributed by atoms with Crippen LogP contribution in [0.15, 0.2) is 0 Å².